The molecule has 0 saturated carbocycles. The van der Waals surface area contributed by atoms with Crippen molar-refractivity contribution in [1.29, 1.82) is 0 Å². The van der Waals surface area contributed by atoms with Crippen LogP contribution in [-0.2, 0) is 5.75 Å². The molecule has 0 fully saturated rings. The summed E-state index contributed by atoms with van der Waals surface area (Å²) in [4.78, 5) is 4.67. The fourth-order valence-corrected chi connectivity index (χ4v) is 4.34. The van der Waals surface area contributed by atoms with E-state index in [1.54, 1.807) is 27.8 Å². The number of thiazole rings is 1. The van der Waals surface area contributed by atoms with Crippen LogP contribution in [0.4, 0.5) is 0 Å². The molecule has 7 heteroatoms. The Balaban J connectivity index is 1.60. The Kier molecular flexibility index (Phi) is 4.03. The van der Waals surface area contributed by atoms with Crippen LogP contribution in [0.1, 0.15) is 16.1 Å². The lowest BCUT2D eigenvalue weighted by Crippen LogP contribution is -2.02. The van der Waals surface area contributed by atoms with E-state index in [1.165, 1.54) is 15.8 Å². The van der Waals surface area contributed by atoms with E-state index >= 15 is 0 Å². The summed E-state index contributed by atoms with van der Waals surface area (Å²) >= 11 is 3.32. The zero-order valence-corrected chi connectivity index (χ0v) is 14.9. The molecule has 120 valence electrons. The molecule has 4 rings (SSSR count). The molecule has 0 spiro atoms. The fraction of sp³-hybridized carbons (Fsp3) is 0.176. The molecule has 2 heterocycles. The highest BCUT2D eigenvalue weighted by molar-refractivity contribution is 7.98. The first-order valence-corrected chi connectivity index (χ1v) is 9.35. The lowest BCUT2D eigenvalue weighted by molar-refractivity contribution is 0.751. The summed E-state index contributed by atoms with van der Waals surface area (Å²) in [5.74, 6) is 0.755. The third kappa shape index (κ3) is 2.81. The lowest BCUT2D eigenvalue weighted by atomic mass is 10.1. The number of tetrazole rings is 1. The summed E-state index contributed by atoms with van der Waals surface area (Å²) < 4.78 is 3.02. The molecule has 4 aromatic rings. The molecule has 0 unspecified atom stereocenters. The summed E-state index contributed by atoms with van der Waals surface area (Å²) in [7, 11) is 0. The van der Waals surface area contributed by atoms with Crippen LogP contribution < -0.4 is 0 Å². The van der Waals surface area contributed by atoms with Crippen molar-refractivity contribution >= 4 is 33.3 Å². The number of aryl methyl sites for hydroxylation is 1. The number of benzene rings is 2. The average Bonchev–Trinajstić information content (AvgIpc) is 3.21. The van der Waals surface area contributed by atoms with Crippen molar-refractivity contribution in [1.82, 2.24) is 25.2 Å². The standard InChI is InChI=1S/C17H15N5S2/c1-11-6-5-8-14(12(11)2)22-17(19-20-21-22)23-10-16-18-13-7-3-4-9-15(13)24-16/h3-9H,10H2,1-2H3. The summed E-state index contributed by atoms with van der Waals surface area (Å²) in [5.41, 5.74) is 4.48. The highest BCUT2D eigenvalue weighted by Gasteiger charge is 2.13. The molecule has 0 N–H and O–H groups in total. The minimum Gasteiger partial charge on any atom is -0.240 e. The van der Waals surface area contributed by atoms with Gasteiger partial charge in [0.05, 0.1) is 21.7 Å². The van der Waals surface area contributed by atoms with Crippen LogP contribution in [0, 0.1) is 13.8 Å². The second-order valence-electron chi connectivity index (χ2n) is 5.46. The topological polar surface area (TPSA) is 56.5 Å². The quantitative estimate of drug-likeness (QED) is 0.515. The molecule has 0 aliphatic carbocycles. The van der Waals surface area contributed by atoms with E-state index in [0.29, 0.717) is 0 Å². The lowest BCUT2D eigenvalue weighted by Gasteiger charge is -2.09. The van der Waals surface area contributed by atoms with Gasteiger partial charge in [-0.25, -0.2) is 4.98 Å². The highest BCUT2D eigenvalue weighted by atomic mass is 32.2. The molecule has 0 amide bonds. The first-order chi connectivity index (χ1) is 11.7. The van der Waals surface area contributed by atoms with Gasteiger partial charge in [0.25, 0.3) is 0 Å². The Morgan fingerprint density at radius 3 is 2.83 bits per heavy atom. The predicted octanol–water partition coefficient (Wildman–Crippen LogP) is 4.18. The maximum atomic E-state index is 4.67. The van der Waals surface area contributed by atoms with E-state index in [1.807, 2.05) is 30.3 Å². The van der Waals surface area contributed by atoms with Gasteiger partial charge >= 0.3 is 0 Å². The van der Waals surface area contributed by atoms with Crippen molar-refractivity contribution < 1.29 is 0 Å². The third-order valence-corrected chi connectivity index (χ3v) is 6.06. The van der Waals surface area contributed by atoms with Crippen molar-refractivity contribution in [2.75, 3.05) is 0 Å². The van der Waals surface area contributed by atoms with Crippen molar-refractivity contribution in [3.8, 4) is 5.69 Å². The molecule has 24 heavy (non-hydrogen) atoms. The zero-order valence-electron chi connectivity index (χ0n) is 13.3. The van der Waals surface area contributed by atoms with E-state index in [-0.39, 0.29) is 0 Å². The predicted molar refractivity (Wildman–Crippen MR) is 97.8 cm³/mol. The van der Waals surface area contributed by atoms with Crippen LogP contribution in [0.2, 0.25) is 0 Å². The van der Waals surface area contributed by atoms with Gasteiger partial charge in [-0.15, -0.1) is 16.4 Å². The molecule has 5 nitrogen and oxygen atoms in total. The van der Waals surface area contributed by atoms with Gasteiger partial charge < -0.3 is 0 Å². The minimum absolute atomic E-state index is 0.755. The van der Waals surface area contributed by atoms with Gasteiger partial charge in [0.1, 0.15) is 5.01 Å². The van der Waals surface area contributed by atoms with Crippen LogP contribution in [0.3, 0.4) is 0 Å². The summed E-state index contributed by atoms with van der Waals surface area (Å²) in [5, 5.41) is 14.0. The highest BCUT2D eigenvalue weighted by Crippen LogP contribution is 2.28. The van der Waals surface area contributed by atoms with Crippen LogP contribution in [0.5, 0.6) is 0 Å². The molecule has 2 aromatic heterocycles. The molecule has 0 radical (unpaired) electrons. The zero-order chi connectivity index (χ0) is 16.5. The van der Waals surface area contributed by atoms with E-state index in [0.717, 1.165) is 27.1 Å². The van der Waals surface area contributed by atoms with Gasteiger partial charge in [0.15, 0.2) is 0 Å². The second kappa shape index (κ2) is 6.33. The first-order valence-electron chi connectivity index (χ1n) is 7.54. The van der Waals surface area contributed by atoms with Gasteiger partial charge in [0, 0.05) is 0 Å². The number of rotatable bonds is 4. The SMILES string of the molecule is Cc1cccc(-n2nnnc2SCc2nc3ccccc3s2)c1C. The van der Waals surface area contributed by atoms with Crippen molar-refractivity contribution in [3.05, 3.63) is 58.6 Å². The molecular formula is C17H15N5S2. The van der Waals surface area contributed by atoms with Crippen LogP contribution in [-0.4, -0.2) is 25.2 Å². The van der Waals surface area contributed by atoms with Gasteiger partial charge in [0.2, 0.25) is 5.16 Å². The Hall–Kier alpha value is -2.25. The summed E-state index contributed by atoms with van der Waals surface area (Å²) in [6.07, 6.45) is 0. The van der Waals surface area contributed by atoms with E-state index < -0.39 is 0 Å². The van der Waals surface area contributed by atoms with Crippen molar-refractivity contribution in [3.63, 3.8) is 0 Å². The van der Waals surface area contributed by atoms with Gasteiger partial charge in [-0.1, -0.05) is 36.0 Å². The average molecular weight is 353 g/mol. The van der Waals surface area contributed by atoms with Gasteiger partial charge in [-0.3, -0.25) is 0 Å². The molecule has 2 aromatic carbocycles. The smallest absolute Gasteiger partial charge is 0.214 e. The Labute approximate surface area is 147 Å². The Morgan fingerprint density at radius 2 is 1.96 bits per heavy atom. The van der Waals surface area contributed by atoms with Gasteiger partial charge in [-0.2, -0.15) is 4.68 Å². The fourth-order valence-electron chi connectivity index (χ4n) is 2.49. The number of aromatic nitrogens is 5. The van der Waals surface area contributed by atoms with E-state index in [2.05, 4.69) is 46.5 Å². The Morgan fingerprint density at radius 1 is 1.08 bits per heavy atom. The van der Waals surface area contributed by atoms with Crippen molar-refractivity contribution in [2.45, 2.75) is 24.8 Å². The normalized spacial score (nSPS) is 11.2. The van der Waals surface area contributed by atoms with Crippen molar-refractivity contribution in [2.24, 2.45) is 0 Å². The van der Waals surface area contributed by atoms with Crippen LogP contribution in [0.25, 0.3) is 15.9 Å². The molecule has 0 bridgehead atoms. The van der Waals surface area contributed by atoms with E-state index in [9.17, 15) is 0 Å². The third-order valence-electron chi connectivity index (χ3n) is 3.91. The largest absolute Gasteiger partial charge is 0.240 e. The number of nitrogens with zero attached hydrogens (tertiary/aromatic N) is 5. The Bertz CT molecular complexity index is 972. The van der Waals surface area contributed by atoms with Crippen LogP contribution >= 0.6 is 23.1 Å². The second-order valence-corrected chi connectivity index (χ2v) is 7.51. The first kappa shape index (κ1) is 15.3. The summed E-state index contributed by atoms with van der Waals surface area (Å²) in [6, 6.07) is 14.4. The maximum absolute atomic E-state index is 4.67. The number of para-hydroxylation sites is 1. The molecule has 0 atom stereocenters. The number of hydrogen-bond donors (Lipinski definition) is 0. The molecular weight excluding hydrogens is 338 g/mol. The summed E-state index contributed by atoms with van der Waals surface area (Å²) in [6.45, 7) is 4.19. The molecule has 0 saturated heterocycles. The maximum Gasteiger partial charge on any atom is 0.214 e. The molecule has 0 aliphatic heterocycles. The van der Waals surface area contributed by atoms with E-state index in [4.69, 9.17) is 0 Å². The van der Waals surface area contributed by atoms with Crippen LogP contribution in [0.15, 0.2) is 47.6 Å². The monoisotopic (exact) mass is 353 g/mol. The minimum atomic E-state index is 0.755. The molecule has 0 aliphatic rings. The number of hydrogen-bond acceptors (Lipinski definition) is 6. The number of thioether (sulfide) groups is 1. The van der Waals surface area contributed by atoms with Gasteiger partial charge in [-0.05, 0) is 53.6 Å². The number of fused-ring (bicyclic) bond motifs is 1.